The zero-order valence-electron chi connectivity index (χ0n) is 15.9. The van der Waals surface area contributed by atoms with E-state index in [1.807, 2.05) is 0 Å². The van der Waals surface area contributed by atoms with Gasteiger partial charge >= 0.3 is 0 Å². The molecule has 150 valence electrons. The lowest BCUT2D eigenvalue weighted by molar-refractivity contribution is -0.952. The zero-order valence-corrected chi connectivity index (χ0v) is 15.9. The second kappa shape index (κ2) is 4.66. The lowest BCUT2D eigenvalue weighted by Gasteiger charge is -2.64. The van der Waals surface area contributed by atoms with E-state index in [-0.39, 0.29) is 35.5 Å². The van der Waals surface area contributed by atoms with E-state index in [0.717, 1.165) is 12.8 Å². The first kappa shape index (κ1) is 17.1. The van der Waals surface area contributed by atoms with Gasteiger partial charge in [-0.1, -0.05) is 0 Å². The van der Waals surface area contributed by atoms with Gasteiger partial charge in [0.25, 0.3) is 0 Å². The molecule has 0 radical (unpaired) electrons. The molecule has 5 aliphatic rings. The van der Waals surface area contributed by atoms with Gasteiger partial charge in [-0.2, -0.15) is 0 Å². The van der Waals surface area contributed by atoms with E-state index in [0.29, 0.717) is 48.0 Å². The Morgan fingerprint density at radius 1 is 1.18 bits per heavy atom. The van der Waals surface area contributed by atoms with E-state index in [4.69, 9.17) is 4.74 Å². The SMILES string of the molecule is C[N@+]1(CC2(O)CC2)CC[C@]23c4c5c(O)cc(O)c4O[C@H]2C(=O)CC[C@@]3(O)[C@@H]1C5. The summed E-state index contributed by atoms with van der Waals surface area (Å²) >= 11 is 0. The molecule has 1 saturated heterocycles. The molecule has 2 heterocycles. The van der Waals surface area contributed by atoms with Gasteiger partial charge in [0.05, 0.1) is 19.0 Å². The number of carbonyl (C=O) groups is 1. The molecular weight excluding hydrogens is 362 g/mol. The Morgan fingerprint density at radius 2 is 1.93 bits per heavy atom. The minimum Gasteiger partial charge on any atom is -0.508 e. The summed E-state index contributed by atoms with van der Waals surface area (Å²) in [5, 5.41) is 43.9. The van der Waals surface area contributed by atoms with Gasteiger partial charge in [0.2, 0.25) is 0 Å². The molecule has 4 N–H and O–H groups in total. The Bertz CT molecular complexity index is 941. The number of hydrogen-bond donors (Lipinski definition) is 4. The van der Waals surface area contributed by atoms with E-state index in [9.17, 15) is 25.2 Å². The number of hydrogen-bond acceptors (Lipinski definition) is 6. The summed E-state index contributed by atoms with van der Waals surface area (Å²) in [5.74, 6) is 0.0115. The molecule has 1 spiro atoms. The summed E-state index contributed by atoms with van der Waals surface area (Å²) in [7, 11) is 2.08. The van der Waals surface area contributed by atoms with Crippen LogP contribution in [0.25, 0.3) is 0 Å². The Hall–Kier alpha value is -1.83. The van der Waals surface area contributed by atoms with Crippen molar-refractivity contribution < 1.29 is 34.4 Å². The average molecular weight is 388 g/mol. The number of carbonyl (C=O) groups excluding carboxylic acids is 1. The Morgan fingerprint density at radius 3 is 2.64 bits per heavy atom. The summed E-state index contributed by atoms with van der Waals surface area (Å²) in [6.45, 7) is 1.27. The number of benzene rings is 1. The molecule has 2 saturated carbocycles. The minimum atomic E-state index is -1.18. The summed E-state index contributed by atoms with van der Waals surface area (Å²) in [6, 6.07) is 1.03. The first-order valence-corrected chi connectivity index (χ1v) is 10.2. The molecular formula is C21H26NO6+. The fourth-order valence-electron chi connectivity index (χ4n) is 7.06. The van der Waals surface area contributed by atoms with Crippen LogP contribution >= 0.6 is 0 Å². The second-order valence-electron chi connectivity index (χ2n) is 10.0. The average Bonchev–Trinajstić information content (AvgIpc) is 3.21. The monoisotopic (exact) mass is 388 g/mol. The van der Waals surface area contributed by atoms with Crippen LogP contribution in [0.15, 0.2) is 6.07 Å². The van der Waals surface area contributed by atoms with Crippen LogP contribution in [-0.2, 0) is 16.6 Å². The number of quaternary nitrogens is 1. The van der Waals surface area contributed by atoms with Gasteiger partial charge in [0.15, 0.2) is 23.4 Å². The number of nitrogens with zero attached hydrogens (tertiary/aromatic N) is 1. The fraction of sp³-hybridized carbons (Fsp3) is 0.667. The Balaban J connectivity index is 1.61. The number of ether oxygens (including phenoxy) is 1. The number of aromatic hydroxyl groups is 2. The Kier molecular flexibility index (Phi) is 2.84. The van der Waals surface area contributed by atoms with Crippen LogP contribution in [0.4, 0.5) is 0 Å². The molecule has 1 aromatic carbocycles. The highest BCUT2D eigenvalue weighted by Crippen LogP contribution is 2.67. The molecule has 3 aliphatic carbocycles. The van der Waals surface area contributed by atoms with Crippen LogP contribution in [0.3, 0.4) is 0 Å². The van der Waals surface area contributed by atoms with Gasteiger partial charge in [0, 0.05) is 36.5 Å². The molecule has 7 nitrogen and oxygen atoms in total. The molecule has 0 unspecified atom stereocenters. The van der Waals surface area contributed by atoms with Crippen molar-refractivity contribution >= 4 is 5.78 Å². The van der Waals surface area contributed by atoms with Crippen molar-refractivity contribution in [3.8, 4) is 17.2 Å². The number of phenolic OH excluding ortho intramolecular Hbond substituents is 2. The number of rotatable bonds is 2. The van der Waals surface area contributed by atoms with Crippen molar-refractivity contribution in [3.05, 3.63) is 17.2 Å². The molecule has 7 heteroatoms. The number of phenols is 2. The van der Waals surface area contributed by atoms with Crippen LogP contribution in [0.5, 0.6) is 17.2 Å². The lowest BCUT2D eigenvalue weighted by Crippen LogP contribution is -2.81. The van der Waals surface area contributed by atoms with Gasteiger partial charge in [-0.3, -0.25) is 4.79 Å². The van der Waals surface area contributed by atoms with Crippen molar-refractivity contribution in [2.75, 3.05) is 20.1 Å². The highest BCUT2D eigenvalue weighted by Gasteiger charge is 2.77. The van der Waals surface area contributed by atoms with E-state index in [2.05, 4.69) is 7.05 Å². The minimum absolute atomic E-state index is 0.0106. The molecule has 3 fully saturated rings. The maximum Gasteiger partial charge on any atom is 0.174 e. The predicted octanol–water partition coefficient (Wildman–Crippen LogP) is 0.490. The second-order valence-corrected chi connectivity index (χ2v) is 10.0. The normalized spacial score (nSPS) is 44.0. The molecule has 2 bridgehead atoms. The fourth-order valence-corrected chi connectivity index (χ4v) is 7.06. The maximum atomic E-state index is 12.8. The molecule has 5 atom stereocenters. The molecule has 1 aromatic rings. The molecule has 2 aliphatic heterocycles. The standard InChI is InChI=1S/C21H25NO6/c1-22(10-19(26)4-5-19)7-6-20-16-11-8-15(22)21(20,27)3-2-12(23)18(20)28-17(16)14(25)9-13(11)24/h9,15,18,26-27H,2-8,10H2,1H3,(H-,24,25)/p+1/t15-,18-,20-,21+,22+/m0/s1. The van der Waals surface area contributed by atoms with E-state index >= 15 is 0 Å². The maximum absolute atomic E-state index is 12.8. The molecule has 28 heavy (non-hydrogen) atoms. The van der Waals surface area contributed by atoms with Crippen LogP contribution in [0.1, 0.15) is 43.2 Å². The largest absolute Gasteiger partial charge is 0.508 e. The molecule has 0 amide bonds. The van der Waals surface area contributed by atoms with Gasteiger partial charge in [-0.25, -0.2) is 0 Å². The van der Waals surface area contributed by atoms with Gasteiger partial charge in [-0.15, -0.1) is 0 Å². The first-order chi connectivity index (χ1) is 13.1. The van der Waals surface area contributed by atoms with Gasteiger partial charge in [0.1, 0.15) is 29.5 Å². The van der Waals surface area contributed by atoms with Gasteiger partial charge < -0.3 is 29.6 Å². The number of aliphatic hydroxyl groups is 2. The van der Waals surface area contributed by atoms with Crippen molar-refractivity contribution in [3.63, 3.8) is 0 Å². The van der Waals surface area contributed by atoms with Crippen LogP contribution in [0, 0.1) is 0 Å². The summed E-state index contributed by atoms with van der Waals surface area (Å²) in [6.07, 6.45) is 2.27. The van der Waals surface area contributed by atoms with Crippen molar-refractivity contribution in [1.29, 1.82) is 0 Å². The van der Waals surface area contributed by atoms with Crippen molar-refractivity contribution in [2.24, 2.45) is 0 Å². The number of likely N-dealkylation sites (N-methyl/N-ethyl adjacent to an activating group) is 1. The third-order valence-electron chi connectivity index (χ3n) is 8.49. The summed E-state index contributed by atoms with van der Waals surface area (Å²) in [4.78, 5) is 12.8. The predicted molar refractivity (Wildman–Crippen MR) is 97.3 cm³/mol. The summed E-state index contributed by atoms with van der Waals surface area (Å²) in [5.41, 5.74) is -1.48. The highest BCUT2D eigenvalue weighted by molar-refractivity contribution is 5.90. The lowest BCUT2D eigenvalue weighted by atomic mass is 9.48. The number of piperidine rings is 1. The van der Waals surface area contributed by atoms with Crippen LogP contribution in [-0.4, -0.2) is 74.2 Å². The summed E-state index contributed by atoms with van der Waals surface area (Å²) < 4.78 is 6.51. The number of likely N-dealkylation sites (tertiary alicyclic amines) is 1. The quantitative estimate of drug-likeness (QED) is 0.550. The van der Waals surface area contributed by atoms with Crippen molar-refractivity contribution in [2.45, 2.75) is 67.3 Å². The van der Waals surface area contributed by atoms with E-state index in [1.54, 1.807) is 0 Å². The molecule has 6 rings (SSSR count). The highest BCUT2D eigenvalue weighted by atomic mass is 16.5. The molecule has 0 aromatic heterocycles. The third-order valence-corrected chi connectivity index (χ3v) is 8.49. The smallest absolute Gasteiger partial charge is 0.174 e. The zero-order chi connectivity index (χ0) is 19.7. The third kappa shape index (κ3) is 1.71. The Labute approximate surface area is 162 Å². The van der Waals surface area contributed by atoms with Crippen LogP contribution < -0.4 is 4.74 Å². The van der Waals surface area contributed by atoms with E-state index < -0.39 is 22.7 Å². The van der Waals surface area contributed by atoms with Crippen LogP contribution in [0.2, 0.25) is 0 Å². The number of Topliss-reactive ketones (excluding diaryl/α,β-unsaturated/α-hetero) is 1. The van der Waals surface area contributed by atoms with Crippen molar-refractivity contribution in [1.82, 2.24) is 0 Å². The number of ketones is 1. The first-order valence-electron chi connectivity index (χ1n) is 10.2. The van der Waals surface area contributed by atoms with Gasteiger partial charge in [-0.05, 0) is 19.3 Å². The van der Waals surface area contributed by atoms with E-state index in [1.165, 1.54) is 6.07 Å². The topological polar surface area (TPSA) is 107 Å².